The van der Waals surface area contributed by atoms with Crippen molar-refractivity contribution in [1.29, 1.82) is 0 Å². The van der Waals surface area contributed by atoms with Crippen molar-refractivity contribution in [3.63, 3.8) is 0 Å². The van der Waals surface area contributed by atoms with E-state index in [4.69, 9.17) is 4.74 Å². The molecule has 1 rings (SSSR count). The van der Waals surface area contributed by atoms with E-state index in [0.29, 0.717) is 12.8 Å². The maximum Gasteiger partial charge on any atom is 0.0633 e. The molecule has 0 aromatic heterocycles. The normalized spacial score (nSPS) is 22.4. The van der Waals surface area contributed by atoms with Gasteiger partial charge in [0.1, 0.15) is 0 Å². The van der Waals surface area contributed by atoms with Crippen molar-refractivity contribution < 1.29 is 113 Å². The topological polar surface area (TPSA) is 49.8 Å². The second-order valence-corrected chi connectivity index (χ2v) is 5.17. The third kappa shape index (κ3) is 6.80. The number of hydroxylamine groups is 2. The van der Waals surface area contributed by atoms with E-state index in [-0.39, 0.29) is 115 Å². The largest absolute Gasteiger partial charge is 0.650 e. The molecule has 0 amide bonds. The molecule has 0 aromatic carbocycles. The van der Waals surface area contributed by atoms with Crippen LogP contribution in [0.5, 0.6) is 0 Å². The van der Waals surface area contributed by atoms with E-state index in [2.05, 4.69) is 0 Å². The minimum Gasteiger partial charge on any atom is -0.650 e. The number of hydrogen-bond acceptors (Lipinski definition) is 4. The van der Waals surface area contributed by atoms with Gasteiger partial charge in [0.15, 0.2) is 0 Å². The van der Waals surface area contributed by atoms with E-state index in [1.165, 1.54) is 11.5 Å². The Labute approximate surface area is 179 Å². The molecule has 7 heteroatoms. The molecule has 0 atom stereocenters. The number of ether oxygens (including phenoxy) is 1. The van der Waals surface area contributed by atoms with Gasteiger partial charge in [-0.05, 0) is 27.7 Å². The molecule has 1 heterocycles. The fraction of sp³-hybridized carbons (Fsp3) is 0.900. The average molecular weight is 467 g/mol. The van der Waals surface area contributed by atoms with Crippen molar-refractivity contribution >= 4 is 6.47 Å². The number of piperidine rings is 1. The van der Waals surface area contributed by atoms with Gasteiger partial charge in [-0.2, -0.15) is 5.06 Å². The Bertz CT molecular complexity index is 219. The van der Waals surface area contributed by atoms with E-state index >= 15 is 0 Å². The Balaban J connectivity index is -0.000000653. The van der Waals surface area contributed by atoms with Gasteiger partial charge in [-0.1, -0.05) is 6.47 Å². The van der Waals surface area contributed by atoms with Gasteiger partial charge >= 0.3 is 0 Å². The van der Waals surface area contributed by atoms with Crippen LogP contribution in [0.3, 0.4) is 0 Å². The number of hydrogen-bond donors (Lipinski definition) is 1. The van der Waals surface area contributed by atoms with Crippen LogP contribution < -0.4 is 0 Å². The summed E-state index contributed by atoms with van der Waals surface area (Å²) in [6, 6.07) is 0. The first-order chi connectivity index (χ1) is 6.29. The molecular weight excluding hydrogens is 449 g/mol. The van der Waals surface area contributed by atoms with Gasteiger partial charge < -0.3 is 14.7 Å². The van der Waals surface area contributed by atoms with Crippen LogP contribution in [-0.2, 0) is 108 Å². The van der Waals surface area contributed by atoms with Gasteiger partial charge in [-0.15, -0.1) is 0 Å². The van der Waals surface area contributed by atoms with Gasteiger partial charge in [0, 0.05) is 122 Å². The monoisotopic (exact) mass is 467 g/mol. The van der Waals surface area contributed by atoms with E-state index in [1.807, 2.05) is 27.7 Å². The van der Waals surface area contributed by atoms with Crippen LogP contribution in [0.2, 0.25) is 0 Å². The van der Waals surface area contributed by atoms with Crippen molar-refractivity contribution in [3.05, 3.63) is 0 Å². The predicted octanol–water partition coefficient (Wildman–Crippen LogP) is 1.47. The Morgan fingerprint density at radius 1 is 1.12 bits per heavy atom. The zero-order chi connectivity index (χ0) is 11.0. The Morgan fingerprint density at radius 3 is 1.76 bits per heavy atom. The third-order valence-corrected chi connectivity index (χ3v) is 2.82. The van der Waals surface area contributed by atoms with Crippen molar-refractivity contribution in [2.75, 3.05) is 0 Å². The summed E-state index contributed by atoms with van der Waals surface area (Å²) in [6.45, 7) is 9.18. The maximum absolute atomic E-state index is 10.2. The predicted molar refractivity (Wildman–Crippen MR) is 51.6 cm³/mol. The summed E-state index contributed by atoms with van der Waals surface area (Å²) >= 11 is 0. The fourth-order valence-electron chi connectivity index (χ4n) is 2.33. The summed E-state index contributed by atoms with van der Waals surface area (Å²) in [5.41, 5.74) is -0.744. The molecule has 0 aromatic rings. The Kier molecular flexibility index (Phi) is 14.0. The summed E-state index contributed by atoms with van der Waals surface area (Å²) in [5, 5.41) is 11.3. The minimum atomic E-state index is -0.372. The first-order valence-corrected chi connectivity index (χ1v) is 4.81. The molecule has 0 aliphatic carbocycles. The standard InChI is InChI=1S/C10H18NO3.3Y/c1-9(2)5-8(14-7-12)6-10(3,4)11(9)13;;;/h8,13H,5-6H2,1-4H3;;;/q-1;;;. The van der Waals surface area contributed by atoms with E-state index in [1.54, 1.807) is 0 Å². The number of nitrogens with zero attached hydrogens (tertiary/aromatic N) is 1. The molecule has 1 fully saturated rings. The smallest absolute Gasteiger partial charge is 0.0633 e. The first kappa shape index (κ1) is 24.7. The van der Waals surface area contributed by atoms with Crippen LogP contribution in [0.15, 0.2) is 0 Å². The molecule has 1 saturated heterocycles. The van der Waals surface area contributed by atoms with Gasteiger partial charge in [-0.3, -0.25) is 0 Å². The maximum atomic E-state index is 10.2. The van der Waals surface area contributed by atoms with Crippen LogP contribution in [-0.4, -0.2) is 33.9 Å². The fourth-order valence-corrected chi connectivity index (χ4v) is 2.33. The molecule has 0 spiro atoms. The summed E-state index contributed by atoms with van der Waals surface area (Å²) in [4.78, 5) is 10.2. The Morgan fingerprint density at radius 2 is 1.47 bits per heavy atom. The van der Waals surface area contributed by atoms with Gasteiger partial charge in [0.05, 0.1) is 6.10 Å². The van der Waals surface area contributed by atoms with Crippen molar-refractivity contribution in [3.8, 4) is 0 Å². The second-order valence-electron chi connectivity index (χ2n) is 5.17. The van der Waals surface area contributed by atoms with E-state index < -0.39 is 0 Å². The quantitative estimate of drug-likeness (QED) is 0.626. The summed E-state index contributed by atoms with van der Waals surface area (Å²) in [6.07, 6.45) is 1.10. The number of rotatable bonds is 2. The summed E-state index contributed by atoms with van der Waals surface area (Å²) < 4.78 is 4.86. The number of carbonyl (C=O) groups excluding carboxylic acids is 1. The third-order valence-electron chi connectivity index (χ3n) is 2.82. The van der Waals surface area contributed by atoms with Gasteiger partial charge in [-0.25, -0.2) is 0 Å². The molecule has 0 saturated carbocycles. The van der Waals surface area contributed by atoms with Crippen LogP contribution >= 0.6 is 0 Å². The van der Waals surface area contributed by atoms with Crippen molar-refractivity contribution in [1.82, 2.24) is 5.06 Å². The molecule has 1 aliphatic heterocycles. The zero-order valence-electron chi connectivity index (χ0n) is 10.9. The first-order valence-electron chi connectivity index (χ1n) is 4.81. The molecule has 1 aliphatic rings. The molecule has 0 bridgehead atoms. The molecule has 91 valence electrons. The molecular formula is C10H18NO3Y3-. The van der Waals surface area contributed by atoms with Crippen LogP contribution in [0, 0.1) is 0 Å². The summed E-state index contributed by atoms with van der Waals surface area (Å²) in [7, 11) is 0. The summed E-state index contributed by atoms with van der Waals surface area (Å²) in [5.74, 6) is 0. The van der Waals surface area contributed by atoms with E-state index in [0.717, 1.165) is 0 Å². The average Bonchev–Trinajstić information content (AvgIpc) is 1.99. The molecule has 1 N–H and O–H groups in total. The molecule has 17 heavy (non-hydrogen) atoms. The van der Waals surface area contributed by atoms with Gasteiger partial charge in [0.25, 0.3) is 0 Å². The van der Waals surface area contributed by atoms with Crippen LogP contribution in [0.25, 0.3) is 0 Å². The Hall–Kier alpha value is 2.70. The van der Waals surface area contributed by atoms with Crippen molar-refractivity contribution in [2.45, 2.75) is 57.7 Å². The van der Waals surface area contributed by atoms with Crippen LogP contribution in [0.1, 0.15) is 40.5 Å². The second kappa shape index (κ2) is 9.60. The zero-order valence-corrected chi connectivity index (χ0v) is 19.4. The minimum absolute atomic E-state index is 0. The van der Waals surface area contributed by atoms with Crippen molar-refractivity contribution in [2.24, 2.45) is 0 Å². The van der Waals surface area contributed by atoms with Crippen LogP contribution in [0.4, 0.5) is 0 Å². The molecule has 0 unspecified atom stereocenters. The van der Waals surface area contributed by atoms with Gasteiger partial charge in [0.2, 0.25) is 0 Å². The SMILES string of the molecule is CC1(C)CC(O[C-]=O)CC(C)(C)N1O.[Y].[Y].[Y]. The molecule has 4 nitrogen and oxygen atoms in total. The molecule has 3 radical (unpaired) electrons. The van der Waals surface area contributed by atoms with E-state index in [9.17, 15) is 10.0 Å².